The monoisotopic (exact) mass is 222 g/mol. The number of aromatic nitrogens is 2. The molecule has 0 saturated heterocycles. The first-order valence-corrected chi connectivity index (χ1v) is 4.25. The number of H-pyrrole nitrogens is 1. The number of hydrogen-bond acceptors (Lipinski definition) is 3. The molecule has 0 aliphatic carbocycles. The molecule has 1 aromatic carbocycles. The quantitative estimate of drug-likeness (QED) is 0.691. The number of benzene rings is 1. The van der Waals surface area contributed by atoms with Gasteiger partial charge in [-0.25, -0.2) is 4.79 Å². The Morgan fingerprint density at radius 1 is 1.31 bits per heavy atom. The normalized spacial score (nSPS) is 9.50. The first kappa shape index (κ1) is 11.7. The number of nitrogens with zero attached hydrogens (tertiary/aromatic N) is 1. The Labute approximate surface area is 90.5 Å². The van der Waals surface area contributed by atoms with Crippen molar-refractivity contribution in [3.63, 3.8) is 0 Å². The summed E-state index contributed by atoms with van der Waals surface area (Å²) in [5.41, 5.74) is 0.903. The molecule has 0 amide bonds. The van der Waals surface area contributed by atoms with Crippen LogP contribution in [0.1, 0.15) is 10.5 Å². The highest BCUT2D eigenvalue weighted by molar-refractivity contribution is 5.87. The third kappa shape index (κ3) is 2.01. The summed E-state index contributed by atoms with van der Waals surface area (Å²) in [7, 11) is 0. The largest absolute Gasteiger partial charge is 0.507 e. The average Bonchev–Trinajstić information content (AvgIpc) is 2.67. The van der Waals surface area contributed by atoms with Crippen molar-refractivity contribution in [1.82, 2.24) is 10.2 Å². The van der Waals surface area contributed by atoms with Crippen molar-refractivity contribution < 1.29 is 20.5 Å². The van der Waals surface area contributed by atoms with E-state index in [0.717, 1.165) is 0 Å². The molecule has 84 valence electrons. The standard InChI is InChI=1S/C10H8N2O3.H2O/c13-9-4-2-1-3-6(9)7-5-8(10(14)15)12-11-7;/h1-5,13H,(H,11,12)(H,14,15);1H2. The molecule has 16 heavy (non-hydrogen) atoms. The zero-order valence-corrected chi connectivity index (χ0v) is 8.14. The summed E-state index contributed by atoms with van der Waals surface area (Å²) in [6, 6.07) is 7.98. The van der Waals surface area contributed by atoms with Crippen LogP contribution in [0, 0.1) is 0 Å². The highest BCUT2D eigenvalue weighted by Gasteiger charge is 2.11. The summed E-state index contributed by atoms with van der Waals surface area (Å²) in [5.74, 6) is -1.01. The van der Waals surface area contributed by atoms with Crippen molar-refractivity contribution in [2.24, 2.45) is 0 Å². The van der Waals surface area contributed by atoms with Crippen LogP contribution in [-0.2, 0) is 0 Å². The van der Waals surface area contributed by atoms with Crippen LogP contribution in [-0.4, -0.2) is 31.9 Å². The van der Waals surface area contributed by atoms with E-state index in [4.69, 9.17) is 5.11 Å². The number of phenolic OH excluding ortho intramolecular Hbond substituents is 1. The topological polar surface area (TPSA) is 118 Å². The van der Waals surface area contributed by atoms with Crippen molar-refractivity contribution in [2.45, 2.75) is 0 Å². The molecular weight excluding hydrogens is 212 g/mol. The fourth-order valence-electron chi connectivity index (χ4n) is 1.26. The minimum Gasteiger partial charge on any atom is -0.507 e. The predicted molar refractivity (Wildman–Crippen MR) is 56.3 cm³/mol. The van der Waals surface area contributed by atoms with Gasteiger partial charge in [0.2, 0.25) is 0 Å². The lowest BCUT2D eigenvalue weighted by Gasteiger charge is -1.98. The van der Waals surface area contributed by atoms with Crippen LogP contribution in [0.15, 0.2) is 30.3 Å². The molecule has 1 aromatic heterocycles. The molecule has 0 radical (unpaired) electrons. The van der Waals surface area contributed by atoms with E-state index in [1.54, 1.807) is 18.2 Å². The van der Waals surface area contributed by atoms with Gasteiger partial charge in [-0.3, -0.25) is 5.10 Å². The first-order chi connectivity index (χ1) is 7.18. The van der Waals surface area contributed by atoms with Crippen LogP contribution in [0.4, 0.5) is 0 Å². The van der Waals surface area contributed by atoms with Crippen molar-refractivity contribution in [3.05, 3.63) is 36.0 Å². The average molecular weight is 222 g/mol. The van der Waals surface area contributed by atoms with E-state index in [2.05, 4.69) is 10.2 Å². The number of para-hydroxylation sites is 1. The lowest BCUT2D eigenvalue weighted by molar-refractivity contribution is 0.0690. The summed E-state index contributed by atoms with van der Waals surface area (Å²) in [5, 5.41) is 24.4. The number of carboxylic acids is 1. The number of rotatable bonds is 2. The number of phenols is 1. The van der Waals surface area contributed by atoms with Crippen molar-refractivity contribution in [2.75, 3.05) is 0 Å². The molecule has 2 aromatic rings. The summed E-state index contributed by atoms with van der Waals surface area (Å²) >= 11 is 0. The van der Waals surface area contributed by atoms with E-state index in [0.29, 0.717) is 11.3 Å². The van der Waals surface area contributed by atoms with Crippen molar-refractivity contribution in [1.29, 1.82) is 0 Å². The van der Waals surface area contributed by atoms with Crippen LogP contribution in [0.3, 0.4) is 0 Å². The number of aromatic carboxylic acids is 1. The molecule has 0 fully saturated rings. The van der Waals surface area contributed by atoms with E-state index in [1.165, 1.54) is 12.1 Å². The SMILES string of the molecule is O.O=C(O)c1cc(-c2ccccc2O)n[nH]1. The van der Waals surface area contributed by atoms with Gasteiger partial charge in [0, 0.05) is 5.56 Å². The molecule has 0 unspecified atom stereocenters. The van der Waals surface area contributed by atoms with Gasteiger partial charge in [-0.2, -0.15) is 5.10 Å². The maximum absolute atomic E-state index is 10.6. The fourth-order valence-corrected chi connectivity index (χ4v) is 1.26. The molecule has 0 bridgehead atoms. The van der Waals surface area contributed by atoms with Crippen molar-refractivity contribution in [3.8, 4) is 17.0 Å². The van der Waals surface area contributed by atoms with Crippen LogP contribution >= 0.6 is 0 Å². The summed E-state index contributed by atoms with van der Waals surface area (Å²) in [6.07, 6.45) is 0. The zero-order valence-electron chi connectivity index (χ0n) is 8.14. The van der Waals surface area contributed by atoms with Gasteiger partial charge >= 0.3 is 5.97 Å². The van der Waals surface area contributed by atoms with E-state index in [-0.39, 0.29) is 16.9 Å². The van der Waals surface area contributed by atoms with E-state index in [9.17, 15) is 9.90 Å². The van der Waals surface area contributed by atoms with E-state index < -0.39 is 5.97 Å². The first-order valence-electron chi connectivity index (χ1n) is 4.25. The Balaban J connectivity index is 0.00000128. The predicted octanol–water partition coefficient (Wildman–Crippen LogP) is 0.656. The molecule has 6 nitrogen and oxygen atoms in total. The maximum atomic E-state index is 10.6. The Kier molecular flexibility index (Phi) is 3.27. The Bertz CT molecular complexity index is 507. The van der Waals surface area contributed by atoms with Gasteiger partial charge in [0.25, 0.3) is 0 Å². The summed E-state index contributed by atoms with van der Waals surface area (Å²) in [4.78, 5) is 10.6. The lowest BCUT2D eigenvalue weighted by Crippen LogP contribution is -1.95. The van der Waals surface area contributed by atoms with Gasteiger partial charge in [-0.1, -0.05) is 12.1 Å². The van der Waals surface area contributed by atoms with Crippen LogP contribution < -0.4 is 0 Å². The molecule has 0 atom stereocenters. The molecule has 0 aliphatic heterocycles. The molecule has 1 heterocycles. The maximum Gasteiger partial charge on any atom is 0.353 e. The molecule has 5 N–H and O–H groups in total. The second-order valence-electron chi connectivity index (χ2n) is 2.99. The summed E-state index contributed by atoms with van der Waals surface area (Å²) in [6.45, 7) is 0. The van der Waals surface area contributed by atoms with Gasteiger partial charge in [0.05, 0.1) is 5.69 Å². The zero-order chi connectivity index (χ0) is 10.8. The number of hydrogen-bond donors (Lipinski definition) is 3. The Morgan fingerprint density at radius 3 is 2.56 bits per heavy atom. The molecule has 2 rings (SSSR count). The lowest BCUT2D eigenvalue weighted by atomic mass is 10.1. The Hall–Kier alpha value is -2.34. The van der Waals surface area contributed by atoms with Gasteiger partial charge in [0.1, 0.15) is 11.4 Å². The van der Waals surface area contributed by atoms with Gasteiger partial charge < -0.3 is 15.7 Å². The van der Waals surface area contributed by atoms with Gasteiger partial charge in [-0.05, 0) is 18.2 Å². The fraction of sp³-hybridized carbons (Fsp3) is 0. The minimum absolute atomic E-state index is 0. The van der Waals surface area contributed by atoms with Crippen LogP contribution in [0.2, 0.25) is 0 Å². The van der Waals surface area contributed by atoms with Gasteiger partial charge in [0.15, 0.2) is 0 Å². The second-order valence-corrected chi connectivity index (χ2v) is 2.99. The number of aromatic hydroxyl groups is 1. The molecule has 6 heteroatoms. The Morgan fingerprint density at radius 2 is 2.00 bits per heavy atom. The van der Waals surface area contributed by atoms with Crippen molar-refractivity contribution >= 4 is 5.97 Å². The highest BCUT2D eigenvalue weighted by Crippen LogP contribution is 2.26. The molecule has 0 aliphatic rings. The molecule has 0 spiro atoms. The second kappa shape index (κ2) is 4.45. The number of nitrogens with one attached hydrogen (secondary N) is 1. The number of aromatic amines is 1. The third-order valence-electron chi connectivity index (χ3n) is 1.99. The molecule has 0 saturated carbocycles. The molecular formula is C10H10N2O4. The van der Waals surface area contributed by atoms with Crippen LogP contribution in [0.5, 0.6) is 5.75 Å². The van der Waals surface area contributed by atoms with E-state index >= 15 is 0 Å². The van der Waals surface area contributed by atoms with Crippen LogP contribution in [0.25, 0.3) is 11.3 Å². The highest BCUT2D eigenvalue weighted by atomic mass is 16.4. The summed E-state index contributed by atoms with van der Waals surface area (Å²) < 4.78 is 0. The smallest absolute Gasteiger partial charge is 0.353 e. The third-order valence-corrected chi connectivity index (χ3v) is 1.99. The number of carbonyl (C=O) groups is 1. The van der Waals surface area contributed by atoms with Gasteiger partial charge in [-0.15, -0.1) is 0 Å². The number of carboxylic acid groups (broad SMARTS) is 1. The minimum atomic E-state index is -1.08. The van der Waals surface area contributed by atoms with E-state index in [1.807, 2.05) is 0 Å².